The number of methoxy groups -OCH3 is 2. The quantitative estimate of drug-likeness (QED) is 0.600. The number of nitrogens with one attached hydrogen (secondary N) is 1. The molecular weight excluding hydrogens is 398 g/mol. The van der Waals surface area contributed by atoms with Crippen LogP contribution in [0.25, 0.3) is 11.4 Å². The van der Waals surface area contributed by atoms with Gasteiger partial charge in [0.25, 0.3) is 5.91 Å². The van der Waals surface area contributed by atoms with Crippen molar-refractivity contribution in [1.29, 1.82) is 0 Å². The molecule has 0 bridgehead atoms. The van der Waals surface area contributed by atoms with Gasteiger partial charge in [-0.1, -0.05) is 16.8 Å². The predicted octanol–water partition coefficient (Wildman–Crippen LogP) is 3.41. The molecule has 0 aliphatic heterocycles. The second kappa shape index (κ2) is 9.29. The molecule has 3 rings (SSSR count). The van der Waals surface area contributed by atoms with Crippen molar-refractivity contribution in [2.75, 3.05) is 20.8 Å². The van der Waals surface area contributed by atoms with Crippen LogP contribution < -0.4 is 19.5 Å². The minimum atomic E-state index is -0.315. The van der Waals surface area contributed by atoms with E-state index >= 15 is 0 Å². The van der Waals surface area contributed by atoms with Crippen LogP contribution in [0.1, 0.15) is 11.5 Å². The zero-order chi connectivity index (χ0) is 20.8. The van der Waals surface area contributed by atoms with E-state index in [0.29, 0.717) is 33.7 Å². The number of hydrogen-bond donors (Lipinski definition) is 1. The van der Waals surface area contributed by atoms with E-state index in [4.69, 9.17) is 30.3 Å². The maximum atomic E-state index is 12.0. The maximum absolute atomic E-state index is 12.0. The number of ether oxygens (including phenoxy) is 3. The lowest BCUT2D eigenvalue weighted by Crippen LogP contribution is -2.28. The molecule has 0 spiro atoms. The average Bonchev–Trinajstić information content (AvgIpc) is 3.20. The number of amides is 1. The fraction of sp³-hybridized carbons (Fsp3) is 0.250. The Hall–Kier alpha value is -3.26. The van der Waals surface area contributed by atoms with Gasteiger partial charge in [0.1, 0.15) is 5.75 Å². The smallest absolute Gasteiger partial charge is 0.258 e. The zero-order valence-electron chi connectivity index (χ0n) is 16.2. The zero-order valence-corrected chi connectivity index (χ0v) is 16.9. The Morgan fingerprint density at radius 1 is 1.10 bits per heavy atom. The number of hydrogen-bond acceptors (Lipinski definition) is 7. The van der Waals surface area contributed by atoms with Crippen molar-refractivity contribution >= 4 is 17.5 Å². The summed E-state index contributed by atoms with van der Waals surface area (Å²) in [6.45, 7) is 1.80. The summed E-state index contributed by atoms with van der Waals surface area (Å²) in [5, 5.41) is 7.22. The fourth-order valence-electron chi connectivity index (χ4n) is 2.56. The topological polar surface area (TPSA) is 95.7 Å². The highest BCUT2D eigenvalue weighted by atomic mass is 35.5. The molecule has 3 aromatic rings. The van der Waals surface area contributed by atoms with Gasteiger partial charge in [-0.3, -0.25) is 4.79 Å². The molecule has 0 radical (unpaired) electrons. The Kier molecular flexibility index (Phi) is 6.56. The van der Waals surface area contributed by atoms with E-state index in [1.165, 1.54) is 0 Å². The van der Waals surface area contributed by atoms with Crippen LogP contribution in [0.4, 0.5) is 0 Å². The summed E-state index contributed by atoms with van der Waals surface area (Å²) in [7, 11) is 3.11. The Morgan fingerprint density at radius 3 is 2.59 bits per heavy atom. The molecule has 0 unspecified atom stereocenters. The van der Waals surface area contributed by atoms with Gasteiger partial charge >= 0.3 is 0 Å². The Morgan fingerprint density at radius 2 is 1.86 bits per heavy atom. The van der Waals surface area contributed by atoms with Crippen LogP contribution in [0.5, 0.6) is 17.2 Å². The van der Waals surface area contributed by atoms with Crippen LogP contribution in [-0.2, 0) is 11.3 Å². The predicted molar refractivity (Wildman–Crippen MR) is 106 cm³/mol. The Balaban J connectivity index is 1.55. The van der Waals surface area contributed by atoms with Gasteiger partial charge in [0.15, 0.2) is 18.1 Å². The lowest BCUT2D eigenvalue weighted by Gasteiger charge is -2.09. The molecule has 0 aliphatic rings. The summed E-state index contributed by atoms with van der Waals surface area (Å²) in [6.07, 6.45) is 0. The normalized spacial score (nSPS) is 10.5. The fourth-order valence-corrected chi connectivity index (χ4v) is 2.79. The van der Waals surface area contributed by atoms with Gasteiger partial charge in [-0.15, -0.1) is 0 Å². The van der Waals surface area contributed by atoms with Gasteiger partial charge in [0.05, 0.1) is 20.8 Å². The average molecular weight is 418 g/mol. The molecule has 1 heterocycles. The molecule has 0 saturated heterocycles. The standard InChI is InChI=1S/C20H20ClN3O5/c1-12-8-14(21)5-7-15(12)28-11-18(25)22-10-19-23-20(24-29-19)13-4-6-16(26-2)17(9-13)27-3/h4-9H,10-11H2,1-3H3,(H,22,25). The van der Waals surface area contributed by atoms with Crippen LogP contribution in [0.3, 0.4) is 0 Å². The number of carbonyl (C=O) groups is 1. The highest BCUT2D eigenvalue weighted by molar-refractivity contribution is 6.30. The summed E-state index contributed by atoms with van der Waals surface area (Å²) in [5.74, 6) is 2.08. The van der Waals surface area contributed by atoms with Crippen molar-refractivity contribution in [3.63, 3.8) is 0 Å². The highest BCUT2D eigenvalue weighted by Crippen LogP contribution is 2.31. The van der Waals surface area contributed by atoms with Crippen LogP contribution in [0, 0.1) is 6.92 Å². The van der Waals surface area contributed by atoms with Gasteiger partial charge in [-0.25, -0.2) is 0 Å². The first-order valence-electron chi connectivity index (χ1n) is 8.70. The maximum Gasteiger partial charge on any atom is 0.258 e. The van der Waals surface area contributed by atoms with E-state index in [2.05, 4.69) is 15.5 Å². The molecule has 1 aromatic heterocycles. The summed E-state index contributed by atoms with van der Waals surface area (Å²) < 4.78 is 21.2. The second-order valence-electron chi connectivity index (χ2n) is 6.06. The van der Waals surface area contributed by atoms with Crippen molar-refractivity contribution in [3.8, 4) is 28.6 Å². The number of carbonyl (C=O) groups excluding carboxylic acids is 1. The van der Waals surface area contributed by atoms with Gasteiger partial charge in [0.2, 0.25) is 11.7 Å². The largest absolute Gasteiger partial charge is 0.493 e. The third-order valence-corrected chi connectivity index (χ3v) is 4.28. The van der Waals surface area contributed by atoms with Crippen molar-refractivity contribution in [2.24, 2.45) is 0 Å². The molecule has 1 amide bonds. The van der Waals surface area contributed by atoms with E-state index in [1.54, 1.807) is 50.6 Å². The van der Waals surface area contributed by atoms with Gasteiger partial charge in [-0.2, -0.15) is 4.98 Å². The van der Waals surface area contributed by atoms with E-state index in [0.717, 1.165) is 5.56 Å². The number of aryl methyl sites for hydroxylation is 1. The third-order valence-electron chi connectivity index (χ3n) is 4.04. The first kappa shape index (κ1) is 20.5. The van der Waals surface area contributed by atoms with Crippen LogP contribution in [0.15, 0.2) is 40.9 Å². The minimum absolute atomic E-state index is 0.0854. The van der Waals surface area contributed by atoms with E-state index in [-0.39, 0.29) is 24.9 Å². The molecule has 1 N–H and O–H groups in total. The summed E-state index contributed by atoms with van der Waals surface area (Å²) >= 11 is 5.90. The van der Waals surface area contributed by atoms with Crippen molar-refractivity contribution in [1.82, 2.24) is 15.5 Å². The third kappa shape index (κ3) is 5.17. The Bertz CT molecular complexity index is 1010. The monoisotopic (exact) mass is 417 g/mol. The van der Waals surface area contributed by atoms with E-state index in [9.17, 15) is 4.79 Å². The molecule has 152 valence electrons. The Labute approximate surface area is 172 Å². The van der Waals surface area contributed by atoms with Crippen LogP contribution in [0.2, 0.25) is 5.02 Å². The number of benzene rings is 2. The lowest BCUT2D eigenvalue weighted by atomic mass is 10.2. The summed E-state index contributed by atoms with van der Waals surface area (Å²) in [4.78, 5) is 16.3. The second-order valence-corrected chi connectivity index (χ2v) is 6.49. The first-order chi connectivity index (χ1) is 14.0. The summed E-state index contributed by atoms with van der Waals surface area (Å²) in [5.41, 5.74) is 1.55. The number of nitrogens with zero attached hydrogens (tertiary/aromatic N) is 2. The molecule has 2 aromatic carbocycles. The number of rotatable bonds is 8. The van der Waals surface area contributed by atoms with Crippen molar-refractivity contribution in [2.45, 2.75) is 13.5 Å². The van der Waals surface area contributed by atoms with Crippen molar-refractivity contribution in [3.05, 3.63) is 52.9 Å². The molecule has 0 fully saturated rings. The van der Waals surface area contributed by atoms with Crippen molar-refractivity contribution < 1.29 is 23.5 Å². The van der Waals surface area contributed by atoms with Crippen LogP contribution in [-0.4, -0.2) is 36.9 Å². The number of halogens is 1. The minimum Gasteiger partial charge on any atom is -0.493 e. The van der Waals surface area contributed by atoms with E-state index < -0.39 is 0 Å². The van der Waals surface area contributed by atoms with Crippen LogP contribution >= 0.6 is 11.6 Å². The molecule has 0 saturated carbocycles. The molecule has 0 atom stereocenters. The molecule has 9 heteroatoms. The van der Waals surface area contributed by atoms with Gasteiger partial charge < -0.3 is 24.1 Å². The van der Waals surface area contributed by atoms with Gasteiger partial charge in [0, 0.05) is 10.6 Å². The lowest BCUT2D eigenvalue weighted by molar-refractivity contribution is -0.123. The highest BCUT2D eigenvalue weighted by Gasteiger charge is 2.13. The molecule has 8 nitrogen and oxygen atoms in total. The van der Waals surface area contributed by atoms with Gasteiger partial charge in [-0.05, 0) is 48.9 Å². The first-order valence-corrected chi connectivity index (χ1v) is 9.08. The molecular formula is C20H20ClN3O5. The SMILES string of the molecule is COc1ccc(-c2noc(CNC(=O)COc3ccc(Cl)cc3C)n2)cc1OC. The summed E-state index contributed by atoms with van der Waals surface area (Å²) in [6, 6.07) is 10.5. The number of aromatic nitrogens is 2. The van der Waals surface area contributed by atoms with E-state index in [1.807, 2.05) is 6.92 Å². The molecule has 29 heavy (non-hydrogen) atoms. The molecule has 0 aliphatic carbocycles.